The molecule has 1 heterocycles. The molecule has 0 aliphatic rings. The molecule has 0 fully saturated rings. The van der Waals surface area contributed by atoms with Crippen molar-refractivity contribution in [2.45, 2.75) is 45.8 Å². The molecule has 1 atom stereocenters. The Labute approximate surface area is 137 Å². The average molecular weight is 344 g/mol. The maximum Gasteiger partial charge on any atom is 0.408 e. The number of alkyl carbamates (subject to hydrolysis) is 1. The minimum atomic E-state index is -1.45. The minimum Gasteiger partial charge on any atom is -0.480 e. The zero-order chi connectivity index (χ0) is 18.5. The van der Waals surface area contributed by atoms with Gasteiger partial charge in [0.25, 0.3) is 11.6 Å². The van der Waals surface area contributed by atoms with Gasteiger partial charge in [0.1, 0.15) is 11.6 Å². The monoisotopic (exact) mass is 344 g/mol. The van der Waals surface area contributed by atoms with Crippen LogP contribution >= 0.6 is 0 Å². The van der Waals surface area contributed by atoms with Gasteiger partial charge in [0.2, 0.25) is 0 Å². The van der Waals surface area contributed by atoms with Crippen LogP contribution in [0.5, 0.6) is 5.88 Å². The number of nitrogens with one attached hydrogen (secondary N) is 1. The number of hydrogen-bond acceptors (Lipinski definition) is 7. The van der Waals surface area contributed by atoms with E-state index in [1.54, 1.807) is 27.7 Å². The van der Waals surface area contributed by atoms with Gasteiger partial charge in [0.05, 0.1) is 12.2 Å². The van der Waals surface area contributed by atoms with E-state index in [0.29, 0.717) is 0 Å². The number of carboxylic acids is 2. The van der Waals surface area contributed by atoms with Crippen molar-refractivity contribution in [1.82, 2.24) is 10.5 Å². The maximum atomic E-state index is 11.7. The zero-order valence-corrected chi connectivity index (χ0v) is 13.8. The van der Waals surface area contributed by atoms with Gasteiger partial charge in [-0.15, -0.1) is 0 Å². The molecule has 1 amide bonds. The van der Waals surface area contributed by atoms with Crippen LogP contribution in [0, 0.1) is 0 Å². The summed E-state index contributed by atoms with van der Waals surface area (Å²) in [4.78, 5) is 34.3. The van der Waals surface area contributed by atoms with E-state index < -0.39 is 41.9 Å². The second kappa shape index (κ2) is 7.66. The lowest BCUT2D eigenvalue weighted by Crippen LogP contribution is -2.44. The molecule has 0 bridgehead atoms. The number of hydrogen-bond donors (Lipinski definition) is 3. The fourth-order valence-corrected chi connectivity index (χ4v) is 1.75. The van der Waals surface area contributed by atoms with Gasteiger partial charge in [-0.25, -0.2) is 14.4 Å². The molecule has 0 saturated carbocycles. The van der Waals surface area contributed by atoms with Crippen molar-refractivity contribution in [3.63, 3.8) is 0 Å². The summed E-state index contributed by atoms with van der Waals surface area (Å²) in [7, 11) is 0. The molecule has 0 aromatic carbocycles. The molecule has 0 spiro atoms. The van der Waals surface area contributed by atoms with E-state index in [1.807, 2.05) is 0 Å². The molecule has 1 rings (SSSR count). The van der Waals surface area contributed by atoms with E-state index in [2.05, 4.69) is 15.0 Å². The summed E-state index contributed by atoms with van der Waals surface area (Å²) in [5, 5.41) is 24.0. The molecule has 1 aromatic rings. The first-order chi connectivity index (χ1) is 11.0. The van der Waals surface area contributed by atoms with Crippen molar-refractivity contribution in [2.24, 2.45) is 0 Å². The predicted octanol–water partition coefficient (Wildman–Crippen LogP) is 1.29. The van der Waals surface area contributed by atoms with Crippen LogP contribution in [0.3, 0.4) is 0 Å². The van der Waals surface area contributed by atoms with Crippen LogP contribution < -0.4 is 10.1 Å². The number of nitrogens with zero attached hydrogens (tertiary/aromatic N) is 1. The highest BCUT2D eigenvalue weighted by molar-refractivity contribution is 5.87. The largest absolute Gasteiger partial charge is 0.480 e. The third-order valence-corrected chi connectivity index (χ3v) is 2.62. The van der Waals surface area contributed by atoms with E-state index in [-0.39, 0.29) is 18.1 Å². The van der Waals surface area contributed by atoms with E-state index in [0.717, 1.165) is 0 Å². The van der Waals surface area contributed by atoms with Gasteiger partial charge in [0.15, 0.2) is 0 Å². The maximum absolute atomic E-state index is 11.7. The fourth-order valence-electron chi connectivity index (χ4n) is 1.75. The number of ether oxygens (including phenoxy) is 2. The van der Waals surface area contributed by atoms with Crippen molar-refractivity contribution < 1.29 is 38.6 Å². The van der Waals surface area contributed by atoms with Crippen LogP contribution in [0.15, 0.2) is 4.52 Å². The molecular formula is C14H20N2O8. The highest BCUT2D eigenvalue weighted by Crippen LogP contribution is 2.23. The molecule has 0 radical (unpaired) electrons. The first kappa shape index (κ1) is 19.3. The Bertz CT molecular complexity index is 617. The molecule has 10 nitrogen and oxygen atoms in total. The van der Waals surface area contributed by atoms with Crippen LogP contribution in [0.25, 0.3) is 0 Å². The lowest BCUT2D eigenvalue weighted by Gasteiger charge is -2.22. The van der Waals surface area contributed by atoms with Gasteiger partial charge in [-0.3, -0.25) is 0 Å². The van der Waals surface area contributed by atoms with Gasteiger partial charge in [-0.05, 0) is 32.9 Å². The summed E-state index contributed by atoms with van der Waals surface area (Å²) in [6.45, 7) is 6.69. The van der Waals surface area contributed by atoms with Crippen LogP contribution in [0.1, 0.15) is 43.8 Å². The molecule has 0 saturated heterocycles. The second-order valence-corrected chi connectivity index (χ2v) is 5.77. The number of rotatable bonds is 7. The van der Waals surface area contributed by atoms with E-state index in [4.69, 9.17) is 14.6 Å². The Hall–Kier alpha value is -2.78. The summed E-state index contributed by atoms with van der Waals surface area (Å²) < 4.78 is 14.8. The highest BCUT2D eigenvalue weighted by atomic mass is 16.6. The first-order valence-electron chi connectivity index (χ1n) is 7.12. The molecular weight excluding hydrogens is 324 g/mol. The van der Waals surface area contributed by atoms with Crippen molar-refractivity contribution in [1.29, 1.82) is 0 Å². The van der Waals surface area contributed by atoms with E-state index >= 15 is 0 Å². The van der Waals surface area contributed by atoms with Crippen molar-refractivity contribution >= 4 is 18.0 Å². The summed E-state index contributed by atoms with van der Waals surface area (Å²) in [6, 6.07) is -1.45. The fraction of sp³-hybridized carbons (Fsp3) is 0.571. The Morgan fingerprint density at radius 3 is 2.38 bits per heavy atom. The third-order valence-electron chi connectivity index (χ3n) is 2.62. The number of carbonyl (C=O) groups excluding carboxylic acids is 1. The second-order valence-electron chi connectivity index (χ2n) is 5.77. The Morgan fingerprint density at radius 1 is 1.29 bits per heavy atom. The number of aromatic nitrogens is 1. The molecule has 10 heteroatoms. The van der Waals surface area contributed by atoms with Crippen LogP contribution in [0.4, 0.5) is 4.79 Å². The molecule has 1 aromatic heterocycles. The number of aliphatic carboxylic acids is 1. The normalized spacial score (nSPS) is 12.3. The predicted molar refractivity (Wildman–Crippen MR) is 79.1 cm³/mol. The van der Waals surface area contributed by atoms with Crippen LogP contribution in [-0.4, -0.2) is 51.7 Å². The van der Waals surface area contributed by atoms with Gasteiger partial charge in [-0.2, -0.15) is 0 Å². The SMILES string of the molecule is CCOc1noc(C(=O)O)c1CC(NC(=O)OC(C)(C)C)C(=O)O. The Morgan fingerprint density at radius 2 is 1.92 bits per heavy atom. The summed E-state index contributed by atoms with van der Waals surface area (Å²) in [5.74, 6) is -3.48. The summed E-state index contributed by atoms with van der Waals surface area (Å²) >= 11 is 0. The van der Waals surface area contributed by atoms with Crippen molar-refractivity contribution in [3.05, 3.63) is 11.3 Å². The standard InChI is InChI=1S/C14H20N2O8/c1-5-22-10-7(9(12(19)20)24-16-10)6-8(11(17)18)15-13(21)23-14(2,3)4/h8H,5-6H2,1-4H3,(H,15,21)(H,17,18)(H,19,20). The van der Waals surface area contributed by atoms with Crippen LogP contribution in [-0.2, 0) is 16.0 Å². The number of amides is 1. The van der Waals surface area contributed by atoms with Crippen LogP contribution in [0.2, 0.25) is 0 Å². The lowest BCUT2D eigenvalue weighted by atomic mass is 10.1. The number of carboxylic acid groups (broad SMARTS) is 2. The molecule has 0 aliphatic heterocycles. The summed E-state index contributed by atoms with van der Waals surface area (Å²) in [6.07, 6.45) is -1.34. The molecule has 3 N–H and O–H groups in total. The topological polar surface area (TPSA) is 148 Å². The Kier molecular flexibility index (Phi) is 6.15. The molecule has 0 aliphatic carbocycles. The molecule has 134 valence electrons. The van der Waals surface area contributed by atoms with Gasteiger partial charge in [-0.1, -0.05) is 0 Å². The van der Waals surface area contributed by atoms with Gasteiger partial charge < -0.3 is 29.5 Å². The van der Waals surface area contributed by atoms with E-state index in [9.17, 15) is 19.5 Å². The number of carbonyl (C=O) groups is 3. The summed E-state index contributed by atoms with van der Waals surface area (Å²) in [5.41, 5.74) is -0.875. The molecule has 24 heavy (non-hydrogen) atoms. The minimum absolute atomic E-state index is 0.0622. The van der Waals surface area contributed by atoms with Crippen molar-refractivity contribution in [3.8, 4) is 5.88 Å². The third kappa shape index (κ3) is 5.45. The molecule has 1 unspecified atom stereocenters. The quantitative estimate of drug-likeness (QED) is 0.665. The first-order valence-corrected chi connectivity index (χ1v) is 7.12. The smallest absolute Gasteiger partial charge is 0.408 e. The van der Waals surface area contributed by atoms with Gasteiger partial charge in [0, 0.05) is 6.42 Å². The van der Waals surface area contributed by atoms with E-state index in [1.165, 1.54) is 0 Å². The average Bonchev–Trinajstić information content (AvgIpc) is 2.79. The van der Waals surface area contributed by atoms with Gasteiger partial charge >= 0.3 is 18.0 Å². The zero-order valence-electron chi connectivity index (χ0n) is 13.8. The van der Waals surface area contributed by atoms with Crippen molar-refractivity contribution in [2.75, 3.05) is 6.61 Å². The number of aromatic carboxylic acids is 1. The lowest BCUT2D eigenvalue weighted by molar-refractivity contribution is -0.139. The Balaban J connectivity index is 3.00. The highest BCUT2D eigenvalue weighted by Gasteiger charge is 2.30.